The van der Waals surface area contributed by atoms with Crippen LogP contribution in [0, 0.1) is 0 Å². The van der Waals surface area contributed by atoms with E-state index in [9.17, 15) is 18.0 Å². The van der Waals surface area contributed by atoms with Crippen molar-refractivity contribution in [1.29, 1.82) is 0 Å². The molecule has 0 saturated carbocycles. The highest BCUT2D eigenvalue weighted by Crippen LogP contribution is 2.29. The van der Waals surface area contributed by atoms with Crippen molar-refractivity contribution < 1.29 is 23.1 Å². The smallest absolute Gasteiger partial charge is 0.384 e. The standard InChI is InChI=1S/C9H11F3N2O2S/c1-5(15)8(16)13-3-2-7-14-6(4-17-7)9(10,11)12/h4-5,15H,2-3H2,1H3,(H,13,16). The lowest BCUT2D eigenvalue weighted by atomic mass is 10.3. The van der Waals surface area contributed by atoms with E-state index in [0.717, 1.165) is 16.7 Å². The van der Waals surface area contributed by atoms with Crippen molar-refractivity contribution in [3.63, 3.8) is 0 Å². The number of halogens is 3. The Bertz CT molecular complexity index is 390. The van der Waals surface area contributed by atoms with Crippen LogP contribution in [0.3, 0.4) is 0 Å². The van der Waals surface area contributed by atoms with Crippen molar-refractivity contribution in [2.45, 2.75) is 25.6 Å². The lowest BCUT2D eigenvalue weighted by molar-refractivity contribution is -0.140. The van der Waals surface area contributed by atoms with Crippen molar-refractivity contribution in [2.75, 3.05) is 6.54 Å². The van der Waals surface area contributed by atoms with E-state index < -0.39 is 23.9 Å². The molecular formula is C9H11F3N2O2S. The number of aliphatic hydroxyl groups excluding tert-OH is 1. The topological polar surface area (TPSA) is 62.2 Å². The Hall–Kier alpha value is -1.15. The molecule has 2 N–H and O–H groups in total. The van der Waals surface area contributed by atoms with Gasteiger partial charge in [0.05, 0.1) is 5.01 Å². The fourth-order valence-corrected chi connectivity index (χ4v) is 1.80. The maximum atomic E-state index is 12.2. The van der Waals surface area contributed by atoms with Gasteiger partial charge in [-0.1, -0.05) is 0 Å². The van der Waals surface area contributed by atoms with Crippen LogP contribution in [0.25, 0.3) is 0 Å². The molecule has 1 rings (SSSR count). The summed E-state index contributed by atoms with van der Waals surface area (Å²) in [7, 11) is 0. The van der Waals surface area contributed by atoms with Gasteiger partial charge < -0.3 is 10.4 Å². The lowest BCUT2D eigenvalue weighted by Gasteiger charge is -2.05. The predicted octanol–water partition coefficient (Wildman–Crippen LogP) is 1.20. The molecule has 17 heavy (non-hydrogen) atoms. The number of alkyl halides is 3. The monoisotopic (exact) mass is 268 g/mol. The van der Waals surface area contributed by atoms with Crippen LogP contribution in [-0.2, 0) is 17.4 Å². The minimum atomic E-state index is -4.43. The summed E-state index contributed by atoms with van der Waals surface area (Å²) in [5.41, 5.74) is -0.917. The fraction of sp³-hybridized carbons (Fsp3) is 0.556. The molecule has 1 aromatic heterocycles. The summed E-state index contributed by atoms with van der Waals surface area (Å²) >= 11 is 0.892. The Kier molecular flexibility index (Phi) is 4.47. The van der Waals surface area contributed by atoms with E-state index in [4.69, 9.17) is 5.11 Å². The van der Waals surface area contributed by atoms with E-state index in [1.54, 1.807) is 0 Å². The minimum Gasteiger partial charge on any atom is -0.384 e. The molecule has 1 aromatic rings. The summed E-state index contributed by atoms with van der Waals surface area (Å²) in [6.07, 6.45) is -5.35. The molecule has 8 heteroatoms. The molecule has 0 radical (unpaired) electrons. The average Bonchev–Trinajstić information content (AvgIpc) is 2.65. The van der Waals surface area contributed by atoms with Gasteiger partial charge in [-0.3, -0.25) is 4.79 Å². The fourth-order valence-electron chi connectivity index (χ4n) is 0.996. The molecular weight excluding hydrogens is 257 g/mol. The Morgan fingerprint density at radius 3 is 2.76 bits per heavy atom. The predicted molar refractivity (Wildman–Crippen MR) is 55.5 cm³/mol. The third-order valence-electron chi connectivity index (χ3n) is 1.86. The molecule has 0 saturated heterocycles. The highest BCUT2D eigenvalue weighted by atomic mass is 32.1. The number of aromatic nitrogens is 1. The van der Waals surface area contributed by atoms with Crippen LogP contribution in [0.2, 0.25) is 0 Å². The normalized spacial score (nSPS) is 13.5. The molecule has 1 unspecified atom stereocenters. The van der Waals surface area contributed by atoms with Crippen molar-refractivity contribution in [3.8, 4) is 0 Å². The van der Waals surface area contributed by atoms with Crippen LogP contribution in [0.4, 0.5) is 13.2 Å². The molecule has 0 bridgehead atoms. The largest absolute Gasteiger partial charge is 0.434 e. The van der Waals surface area contributed by atoms with E-state index in [1.807, 2.05) is 0 Å². The molecule has 96 valence electrons. The summed E-state index contributed by atoms with van der Waals surface area (Å²) in [5, 5.41) is 12.5. The zero-order chi connectivity index (χ0) is 13.1. The van der Waals surface area contributed by atoms with Gasteiger partial charge in [-0.15, -0.1) is 11.3 Å². The molecule has 0 aliphatic heterocycles. The number of rotatable bonds is 4. The second-order valence-electron chi connectivity index (χ2n) is 3.34. The maximum absolute atomic E-state index is 12.2. The highest BCUT2D eigenvalue weighted by molar-refractivity contribution is 7.09. The number of carbonyl (C=O) groups is 1. The number of nitrogens with zero attached hydrogens (tertiary/aromatic N) is 1. The second kappa shape index (κ2) is 5.46. The van der Waals surface area contributed by atoms with Crippen molar-refractivity contribution in [3.05, 3.63) is 16.1 Å². The number of aliphatic hydroxyl groups is 1. The average molecular weight is 268 g/mol. The van der Waals surface area contributed by atoms with Gasteiger partial charge in [-0.25, -0.2) is 4.98 Å². The Morgan fingerprint density at radius 1 is 1.65 bits per heavy atom. The minimum absolute atomic E-state index is 0.147. The molecule has 0 fully saturated rings. The zero-order valence-corrected chi connectivity index (χ0v) is 9.73. The van der Waals surface area contributed by atoms with E-state index >= 15 is 0 Å². The van der Waals surface area contributed by atoms with Gasteiger partial charge in [0.1, 0.15) is 6.10 Å². The van der Waals surface area contributed by atoms with Crippen LogP contribution < -0.4 is 5.32 Å². The van der Waals surface area contributed by atoms with Gasteiger partial charge in [-0.05, 0) is 6.92 Å². The SMILES string of the molecule is CC(O)C(=O)NCCc1nc(C(F)(F)F)cs1. The van der Waals surface area contributed by atoms with Crippen LogP contribution >= 0.6 is 11.3 Å². The van der Waals surface area contributed by atoms with Gasteiger partial charge >= 0.3 is 6.18 Å². The lowest BCUT2D eigenvalue weighted by Crippen LogP contribution is -2.33. The molecule has 1 heterocycles. The summed E-state index contributed by atoms with van der Waals surface area (Å²) in [6, 6.07) is 0. The molecule has 1 amide bonds. The molecule has 0 aliphatic rings. The van der Waals surface area contributed by atoms with Crippen LogP contribution in [0.5, 0.6) is 0 Å². The molecule has 0 aromatic carbocycles. The van der Waals surface area contributed by atoms with E-state index in [2.05, 4.69) is 10.3 Å². The van der Waals surface area contributed by atoms with Gasteiger partial charge in [0.2, 0.25) is 5.91 Å². The van der Waals surface area contributed by atoms with Gasteiger partial charge in [0.25, 0.3) is 0 Å². The summed E-state index contributed by atoms with van der Waals surface area (Å²) < 4.78 is 36.6. The van der Waals surface area contributed by atoms with E-state index in [0.29, 0.717) is 5.01 Å². The summed E-state index contributed by atoms with van der Waals surface area (Å²) in [6.45, 7) is 1.45. The molecule has 0 spiro atoms. The van der Waals surface area contributed by atoms with Gasteiger partial charge in [-0.2, -0.15) is 13.2 Å². The Morgan fingerprint density at radius 2 is 2.29 bits per heavy atom. The number of carbonyl (C=O) groups excluding carboxylic acids is 1. The highest BCUT2D eigenvalue weighted by Gasteiger charge is 2.33. The Balaban J connectivity index is 2.43. The first-order valence-corrected chi connectivity index (χ1v) is 5.66. The van der Waals surface area contributed by atoms with Crippen molar-refractivity contribution >= 4 is 17.2 Å². The quantitative estimate of drug-likeness (QED) is 0.862. The number of nitrogens with one attached hydrogen (secondary N) is 1. The van der Waals surface area contributed by atoms with Crippen molar-refractivity contribution in [1.82, 2.24) is 10.3 Å². The summed E-state index contributed by atoms with van der Waals surface area (Å²) in [4.78, 5) is 14.3. The second-order valence-corrected chi connectivity index (χ2v) is 4.28. The van der Waals surface area contributed by atoms with Gasteiger partial charge in [0, 0.05) is 18.3 Å². The van der Waals surface area contributed by atoms with E-state index in [1.165, 1.54) is 6.92 Å². The first kappa shape index (κ1) is 13.9. The van der Waals surface area contributed by atoms with Crippen molar-refractivity contribution in [2.24, 2.45) is 0 Å². The number of hydrogen-bond acceptors (Lipinski definition) is 4. The zero-order valence-electron chi connectivity index (χ0n) is 8.91. The maximum Gasteiger partial charge on any atom is 0.434 e. The van der Waals surface area contributed by atoms with Gasteiger partial charge in [0.15, 0.2) is 5.69 Å². The third kappa shape index (κ3) is 4.31. The van der Waals surface area contributed by atoms with Crippen LogP contribution in [0.15, 0.2) is 5.38 Å². The van der Waals surface area contributed by atoms with Crippen LogP contribution in [-0.4, -0.2) is 28.6 Å². The number of amides is 1. The molecule has 1 atom stereocenters. The first-order chi connectivity index (χ1) is 7.80. The number of thiazole rings is 1. The Labute approximate surface area is 99.5 Å². The van der Waals surface area contributed by atoms with Crippen LogP contribution in [0.1, 0.15) is 17.6 Å². The third-order valence-corrected chi connectivity index (χ3v) is 2.77. The first-order valence-electron chi connectivity index (χ1n) is 4.78. The summed E-state index contributed by atoms with van der Waals surface area (Å²) in [5.74, 6) is -0.558. The molecule has 0 aliphatic carbocycles. The van der Waals surface area contributed by atoms with E-state index in [-0.39, 0.29) is 13.0 Å². The molecule has 4 nitrogen and oxygen atoms in total. The number of hydrogen-bond donors (Lipinski definition) is 2.